The predicted molar refractivity (Wildman–Crippen MR) is 114 cm³/mol. The molecule has 0 aromatic carbocycles. The lowest BCUT2D eigenvalue weighted by Crippen LogP contribution is -2.64. The van der Waals surface area contributed by atoms with E-state index < -0.39 is 0 Å². The van der Waals surface area contributed by atoms with Gasteiger partial charge < -0.3 is 14.8 Å². The van der Waals surface area contributed by atoms with Crippen LogP contribution in [-0.2, 0) is 19.1 Å². The van der Waals surface area contributed by atoms with Crippen molar-refractivity contribution >= 4 is 11.9 Å². The number of carbonyl (C=O) groups excluding carboxylic acids is 2. The fraction of sp³-hybridized carbons (Fsp3) is 0.920. The molecule has 5 heteroatoms. The summed E-state index contributed by atoms with van der Waals surface area (Å²) in [7, 11) is 0. The molecule has 0 radical (unpaired) electrons. The third-order valence-corrected chi connectivity index (χ3v) is 9.70. The average Bonchev–Trinajstić information content (AvgIpc) is 3.48. The number of hydrogen-bond donors (Lipinski definition) is 1. The van der Waals surface area contributed by atoms with Crippen LogP contribution in [0.3, 0.4) is 0 Å². The first-order valence-electron chi connectivity index (χ1n) is 12.5. The number of carbonyl (C=O) groups is 2. The Labute approximate surface area is 181 Å². The zero-order chi connectivity index (χ0) is 21.1. The molecule has 1 saturated heterocycles. The summed E-state index contributed by atoms with van der Waals surface area (Å²) in [6, 6.07) is 0.100. The van der Waals surface area contributed by atoms with Crippen LogP contribution in [0.4, 0.5) is 0 Å². The highest BCUT2D eigenvalue weighted by atomic mass is 16.5. The van der Waals surface area contributed by atoms with Gasteiger partial charge in [0.25, 0.3) is 0 Å². The molecule has 0 aromatic heterocycles. The van der Waals surface area contributed by atoms with Gasteiger partial charge in [-0.3, -0.25) is 9.59 Å². The fourth-order valence-corrected chi connectivity index (χ4v) is 7.87. The molecule has 1 heterocycles. The van der Waals surface area contributed by atoms with Crippen LogP contribution in [0.25, 0.3) is 0 Å². The van der Waals surface area contributed by atoms with E-state index in [1.54, 1.807) is 0 Å². The SMILES string of the molecule is CCCOC(=O)[C@H]1C[C@H]2NC(=O)CC[C@]2(C)[C@H]2CC[C@]3(C)[C@@H](OC4CC4)CC[C@H]3[C@H]12. The molecule has 5 nitrogen and oxygen atoms in total. The van der Waals surface area contributed by atoms with Gasteiger partial charge in [-0.05, 0) is 86.4 Å². The van der Waals surface area contributed by atoms with Crippen molar-refractivity contribution in [1.82, 2.24) is 5.32 Å². The van der Waals surface area contributed by atoms with Crippen molar-refractivity contribution in [2.45, 2.75) is 103 Å². The standard InChI is InChI=1S/C25H39NO4/c1-4-13-29-23(28)16-14-19-24(2,12-10-21(27)26-19)18-9-11-25(3)17(22(16)18)7-8-20(25)30-15-5-6-15/h15-20,22H,4-14H2,1-3H3,(H,26,27)/t16-,17-,18-,19+,20-,22-,24+,25-/m0/s1. The Kier molecular flexibility index (Phi) is 5.19. The van der Waals surface area contributed by atoms with E-state index in [-0.39, 0.29) is 34.7 Å². The van der Waals surface area contributed by atoms with E-state index in [0.717, 1.165) is 32.1 Å². The molecule has 0 aromatic rings. The van der Waals surface area contributed by atoms with Gasteiger partial charge in [0.1, 0.15) is 0 Å². The van der Waals surface area contributed by atoms with Crippen LogP contribution in [-0.4, -0.2) is 36.7 Å². The second kappa shape index (κ2) is 7.50. The Hall–Kier alpha value is -1.10. The van der Waals surface area contributed by atoms with E-state index in [2.05, 4.69) is 19.2 Å². The van der Waals surface area contributed by atoms with E-state index in [9.17, 15) is 9.59 Å². The molecule has 1 amide bonds. The molecule has 0 unspecified atom stereocenters. The van der Waals surface area contributed by atoms with Gasteiger partial charge in [-0.25, -0.2) is 0 Å². The number of rotatable bonds is 5. The van der Waals surface area contributed by atoms with Gasteiger partial charge in [0.2, 0.25) is 5.91 Å². The molecule has 0 bridgehead atoms. The van der Waals surface area contributed by atoms with Crippen molar-refractivity contribution in [3.05, 3.63) is 0 Å². The Morgan fingerprint density at radius 2 is 1.83 bits per heavy atom. The lowest BCUT2D eigenvalue weighted by atomic mass is 9.45. The molecule has 5 rings (SSSR count). The Morgan fingerprint density at radius 3 is 2.57 bits per heavy atom. The summed E-state index contributed by atoms with van der Waals surface area (Å²) < 4.78 is 12.2. The monoisotopic (exact) mass is 417 g/mol. The maximum absolute atomic E-state index is 13.3. The van der Waals surface area contributed by atoms with Crippen LogP contribution in [0, 0.1) is 34.5 Å². The van der Waals surface area contributed by atoms with Gasteiger partial charge in [-0.15, -0.1) is 0 Å². The smallest absolute Gasteiger partial charge is 0.309 e. The Balaban J connectivity index is 1.46. The summed E-state index contributed by atoms with van der Waals surface area (Å²) in [5.41, 5.74) is 0.269. The number of fused-ring (bicyclic) bond motifs is 5. The van der Waals surface area contributed by atoms with Gasteiger partial charge in [0.05, 0.1) is 24.7 Å². The first-order chi connectivity index (χ1) is 14.4. The third-order valence-electron chi connectivity index (χ3n) is 9.70. The molecule has 5 fully saturated rings. The van der Waals surface area contributed by atoms with Crippen molar-refractivity contribution in [1.29, 1.82) is 0 Å². The number of ether oxygens (including phenoxy) is 2. The normalized spacial score (nSPS) is 47.6. The van der Waals surface area contributed by atoms with Crippen LogP contribution >= 0.6 is 0 Å². The minimum absolute atomic E-state index is 0.0236. The molecular formula is C25H39NO4. The first-order valence-corrected chi connectivity index (χ1v) is 12.5. The highest BCUT2D eigenvalue weighted by molar-refractivity contribution is 5.78. The predicted octanol–water partition coefficient (Wildman–Crippen LogP) is 4.23. The van der Waals surface area contributed by atoms with Gasteiger partial charge in [0.15, 0.2) is 0 Å². The molecule has 1 aliphatic heterocycles. The van der Waals surface area contributed by atoms with Crippen LogP contribution in [0.1, 0.15) is 85.0 Å². The maximum Gasteiger partial charge on any atom is 0.309 e. The van der Waals surface area contributed by atoms with Crippen molar-refractivity contribution in [2.75, 3.05) is 6.61 Å². The number of amides is 1. The van der Waals surface area contributed by atoms with Crippen molar-refractivity contribution in [3.63, 3.8) is 0 Å². The molecule has 168 valence electrons. The largest absolute Gasteiger partial charge is 0.465 e. The van der Waals surface area contributed by atoms with Crippen LogP contribution in [0.5, 0.6) is 0 Å². The minimum atomic E-state index is -0.0951. The van der Waals surface area contributed by atoms with E-state index in [4.69, 9.17) is 9.47 Å². The van der Waals surface area contributed by atoms with Crippen molar-refractivity contribution in [3.8, 4) is 0 Å². The number of hydrogen-bond acceptors (Lipinski definition) is 4. The van der Waals surface area contributed by atoms with Crippen LogP contribution < -0.4 is 5.32 Å². The molecule has 0 spiro atoms. The number of piperidine rings is 1. The lowest BCUT2D eigenvalue weighted by molar-refractivity contribution is -0.177. The summed E-state index contributed by atoms with van der Waals surface area (Å²) in [4.78, 5) is 25.5. The van der Waals surface area contributed by atoms with Crippen molar-refractivity contribution in [2.24, 2.45) is 34.5 Å². The highest BCUT2D eigenvalue weighted by Crippen LogP contribution is 2.66. The quantitative estimate of drug-likeness (QED) is 0.680. The van der Waals surface area contributed by atoms with Gasteiger partial charge in [-0.2, -0.15) is 0 Å². The van der Waals surface area contributed by atoms with Crippen LogP contribution in [0.15, 0.2) is 0 Å². The topological polar surface area (TPSA) is 64.6 Å². The highest BCUT2D eigenvalue weighted by Gasteiger charge is 2.64. The fourth-order valence-electron chi connectivity index (χ4n) is 7.87. The van der Waals surface area contributed by atoms with E-state index >= 15 is 0 Å². The second-order valence-electron chi connectivity index (χ2n) is 11.4. The molecule has 4 aliphatic carbocycles. The summed E-state index contributed by atoms with van der Waals surface area (Å²) in [6.07, 6.45) is 11.1. The number of esters is 1. The minimum Gasteiger partial charge on any atom is -0.465 e. The molecule has 4 saturated carbocycles. The maximum atomic E-state index is 13.3. The second-order valence-corrected chi connectivity index (χ2v) is 11.4. The molecular weight excluding hydrogens is 378 g/mol. The molecule has 8 atom stereocenters. The first kappa shape index (κ1) is 20.8. The Bertz CT molecular complexity index is 705. The molecule has 1 N–H and O–H groups in total. The third kappa shape index (κ3) is 3.22. The summed E-state index contributed by atoms with van der Waals surface area (Å²) in [5, 5.41) is 3.27. The summed E-state index contributed by atoms with van der Waals surface area (Å²) in [5.74, 6) is 1.39. The number of nitrogens with one attached hydrogen (secondary N) is 1. The van der Waals surface area contributed by atoms with E-state index in [1.165, 1.54) is 25.7 Å². The summed E-state index contributed by atoms with van der Waals surface area (Å²) >= 11 is 0. The lowest BCUT2D eigenvalue weighted by Gasteiger charge is -2.61. The molecule has 30 heavy (non-hydrogen) atoms. The molecule has 5 aliphatic rings. The van der Waals surface area contributed by atoms with Crippen LogP contribution in [0.2, 0.25) is 0 Å². The average molecular weight is 418 g/mol. The van der Waals surface area contributed by atoms with Gasteiger partial charge in [0, 0.05) is 12.5 Å². The van der Waals surface area contributed by atoms with Gasteiger partial charge in [-0.1, -0.05) is 20.8 Å². The van der Waals surface area contributed by atoms with Gasteiger partial charge >= 0.3 is 5.97 Å². The van der Waals surface area contributed by atoms with E-state index in [0.29, 0.717) is 43.0 Å². The zero-order valence-electron chi connectivity index (χ0n) is 19.0. The summed E-state index contributed by atoms with van der Waals surface area (Å²) in [6.45, 7) is 7.37. The van der Waals surface area contributed by atoms with E-state index in [1.807, 2.05) is 6.92 Å². The Morgan fingerprint density at radius 1 is 1.07 bits per heavy atom. The van der Waals surface area contributed by atoms with Crippen molar-refractivity contribution < 1.29 is 19.1 Å². The zero-order valence-corrected chi connectivity index (χ0v) is 19.0.